The first kappa shape index (κ1) is 23.8. The lowest BCUT2D eigenvalue weighted by atomic mass is 9.96. The van der Waals surface area contributed by atoms with Crippen molar-refractivity contribution in [3.63, 3.8) is 0 Å². The molecule has 178 valence electrons. The van der Waals surface area contributed by atoms with Crippen molar-refractivity contribution in [1.82, 2.24) is 19.8 Å². The number of anilines is 1. The van der Waals surface area contributed by atoms with Gasteiger partial charge in [0.15, 0.2) is 5.11 Å². The molecule has 0 unspecified atom stereocenters. The molecule has 3 heterocycles. The van der Waals surface area contributed by atoms with E-state index in [9.17, 15) is 4.79 Å². The molecule has 1 fully saturated rings. The van der Waals surface area contributed by atoms with Crippen LogP contribution in [0.2, 0.25) is 0 Å². The first-order valence-corrected chi connectivity index (χ1v) is 11.9. The third-order valence-electron chi connectivity index (χ3n) is 6.41. The van der Waals surface area contributed by atoms with Crippen molar-refractivity contribution in [2.45, 2.75) is 45.8 Å². The van der Waals surface area contributed by atoms with Gasteiger partial charge in [0.25, 0.3) is 0 Å². The monoisotopic (exact) mass is 477 g/mol. The maximum atomic E-state index is 12.8. The second-order valence-corrected chi connectivity index (χ2v) is 8.78. The summed E-state index contributed by atoms with van der Waals surface area (Å²) in [5.41, 5.74) is 5.21. The minimum Gasteiger partial charge on any atom is -0.495 e. The number of hydrogen-bond donors (Lipinski definition) is 2. The zero-order chi connectivity index (χ0) is 24.2. The number of carbonyl (C=O) groups is 1. The summed E-state index contributed by atoms with van der Waals surface area (Å²) in [4.78, 5) is 19.6. The fourth-order valence-corrected chi connectivity index (χ4v) is 5.11. The summed E-state index contributed by atoms with van der Waals surface area (Å²) in [5, 5.41) is 7.06. The number of hydrogen-bond acceptors (Lipinski definition) is 4. The number of pyridine rings is 1. The van der Waals surface area contributed by atoms with E-state index in [-0.39, 0.29) is 24.4 Å². The molecule has 0 radical (unpaired) electrons. The van der Waals surface area contributed by atoms with Crippen LogP contribution in [0.25, 0.3) is 0 Å². The van der Waals surface area contributed by atoms with E-state index in [1.807, 2.05) is 42.5 Å². The third-order valence-corrected chi connectivity index (χ3v) is 6.76. The largest absolute Gasteiger partial charge is 0.495 e. The maximum absolute atomic E-state index is 12.8. The quantitative estimate of drug-likeness (QED) is 0.465. The molecular formula is C26H31N5O2S. The highest BCUT2D eigenvalue weighted by atomic mass is 32.1. The molecule has 0 bridgehead atoms. The number of methoxy groups -OCH3 is 1. The highest BCUT2D eigenvalue weighted by Crippen LogP contribution is 2.40. The van der Waals surface area contributed by atoms with E-state index in [0.717, 1.165) is 12.2 Å². The maximum Gasteiger partial charge on any atom is 0.226 e. The van der Waals surface area contributed by atoms with Crippen molar-refractivity contribution in [3.8, 4) is 5.75 Å². The third kappa shape index (κ3) is 4.63. The van der Waals surface area contributed by atoms with Gasteiger partial charge in [0.2, 0.25) is 5.91 Å². The van der Waals surface area contributed by atoms with E-state index in [0.29, 0.717) is 23.1 Å². The number of nitrogens with one attached hydrogen (secondary N) is 2. The fourth-order valence-electron chi connectivity index (χ4n) is 4.78. The number of aromatic nitrogens is 2. The number of ether oxygens (including phenoxy) is 1. The molecule has 3 aromatic rings. The Bertz CT molecular complexity index is 1180. The summed E-state index contributed by atoms with van der Waals surface area (Å²) in [6, 6.07) is 15.4. The van der Waals surface area contributed by atoms with Crippen molar-refractivity contribution < 1.29 is 9.53 Å². The minimum atomic E-state index is -0.100. The molecule has 8 heteroatoms. The Hall–Kier alpha value is -3.39. The van der Waals surface area contributed by atoms with Crippen LogP contribution >= 0.6 is 12.2 Å². The van der Waals surface area contributed by atoms with Crippen molar-refractivity contribution in [1.29, 1.82) is 0 Å². The van der Waals surface area contributed by atoms with Gasteiger partial charge in [0, 0.05) is 37.1 Å². The lowest BCUT2D eigenvalue weighted by Crippen LogP contribution is -2.33. The number of aryl methyl sites for hydroxylation is 1. The zero-order valence-corrected chi connectivity index (χ0v) is 20.9. The van der Waals surface area contributed by atoms with Gasteiger partial charge in [-0.15, -0.1) is 0 Å². The lowest BCUT2D eigenvalue weighted by molar-refractivity contribution is -0.116. The van der Waals surface area contributed by atoms with Crippen LogP contribution in [-0.2, 0) is 11.3 Å². The second kappa shape index (κ2) is 10.3. The van der Waals surface area contributed by atoms with Crippen molar-refractivity contribution in [2.24, 2.45) is 0 Å². The van der Waals surface area contributed by atoms with E-state index in [1.165, 1.54) is 17.0 Å². The molecule has 7 nitrogen and oxygen atoms in total. The number of amides is 1. The number of benzene rings is 1. The average molecular weight is 478 g/mol. The predicted octanol–water partition coefficient (Wildman–Crippen LogP) is 4.53. The summed E-state index contributed by atoms with van der Waals surface area (Å²) in [6.07, 6.45) is 2.09. The number of carbonyl (C=O) groups excluding carboxylic acids is 1. The molecule has 2 atom stereocenters. The van der Waals surface area contributed by atoms with Crippen molar-refractivity contribution in [2.75, 3.05) is 19.0 Å². The first-order valence-electron chi connectivity index (χ1n) is 11.5. The molecule has 0 aliphatic carbocycles. The second-order valence-electron chi connectivity index (χ2n) is 8.39. The normalized spacial score (nSPS) is 17.5. The van der Waals surface area contributed by atoms with Gasteiger partial charge in [-0.05, 0) is 68.9 Å². The molecule has 2 N–H and O–H groups in total. The molecule has 1 amide bonds. The van der Waals surface area contributed by atoms with Gasteiger partial charge in [0.1, 0.15) is 5.75 Å². The van der Waals surface area contributed by atoms with Crippen LogP contribution in [0.3, 0.4) is 0 Å². The van der Waals surface area contributed by atoms with Crippen LogP contribution in [0.15, 0.2) is 54.7 Å². The summed E-state index contributed by atoms with van der Waals surface area (Å²) in [7, 11) is 1.59. The van der Waals surface area contributed by atoms with Gasteiger partial charge in [-0.1, -0.05) is 18.2 Å². The molecule has 4 rings (SSSR count). The van der Waals surface area contributed by atoms with Gasteiger partial charge < -0.3 is 24.8 Å². The Morgan fingerprint density at radius 2 is 1.97 bits per heavy atom. The topological polar surface area (TPSA) is 71.4 Å². The van der Waals surface area contributed by atoms with Crippen LogP contribution in [0, 0.1) is 13.8 Å². The molecular weight excluding hydrogens is 446 g/mol. The number of rotatable bonds is 8. The molecule has 2 aromatic heterocycles. The Balaban J connectivity index is 1.59. The molecule has 1 aromatic carbocycles. The number of nitrogens with zero attached hydrogens (tertiary/aromatic N) is 3. The van der Waals surface area contributed by atoms with Crippen LogP contribution in [0.1, 0.15) is 48.1 Å². The van der Waals surface area contributed by atoms with Gasteiger partial charge >= 0.3 is 0 Å². The van der Waals surface area contributed by atoms with Gasteiger partial charge in [-0.2, -0.15) is 0 Å². The smallest absolute Gasteiger partial charge is 0.226 e. The van der Waals surface area contributed by atoms with Crippen molar-refractivity contribution >= 4 is 28.9 Å². The van der Waals surface area contributed by atoms with Gasteiger partial charge in [0.05, 0.1) is 30.6 Å². The van der Waals surface area contributed by atoms with E-state index in [2.05, 4.69) is 51.9 Å². The lowest BCUT2D eigenvalue weighted by Gasteiger charge is -2.28. The molecule has 0 spiro atoms. The van der Waals surface area contributed by atoms with Crippen LogP contribution in [0.5, 0.6) is 5.75 Å². The Morgan fingerprint density at radius 3 is 2.65 bits per heavy atom. The average Bonchev–Trinajstić information content (AvgIpc) is 3.32. The molecule has 1 aliphatic rings. The van der Waals surface area contributed by atoms with E-state index in [4.69, 9.17) is 17.0 Å². The Kier molecular flexibility index (Phi) is 7.17. The standard InChI is InChI=1S/C26H31N5O2S/c1-5-30-17(2)16-19(18(30)3)25-24(21-11-8-9-14-27-21)29-26(34)31(25)15-13-23(32)28-20-10-6-7-12-22(20)33-4/h6-12,14,16,24-25H,5,13,15H2,1-4H3,(H,28,32)(H,29,34)/t24-,25-/m1/s1. The highest BCUT2D eigenvalue weighted by Gasteiger charge is 2.41. The summed E-state index contributed by atoms with van der Waals surface area (Å²) >= 11 is 5.76. The summed E-state index contributed by atoms with van der Waals surface area (Å²) in [5.74, 6) is 0.542. The van der Waals surface area contributed by atoms with Gasteiger partial charge in [-0.25, -0.2) is 0 Å². The van der Waals surface area contributed by atoms with E-state index < -0.39 is 0 Å². The first-order chi connectivity index (χ1) is 16.4. The zero-order valence-electron chi connectivity index (χ0n) is 20.0. The Labute approximate surface area is 206 Å². The van der Waals surface area contributed by atoms with Crippen LogP contribution in [0.4, 0.5) is 5.69 Å². The van der Waals surface area contributed by atoms with E-state index >= 15 is 0 Å². The van der Waals surface area contributed by atoms with Gasteiger partial charge in [-0.3, -0.25) is 9.78 Å². The SMILES string of the molecule is CCn1c(C)cc([C@@H]2[C@@H](c3ccccn3)NC(=S)N2CCC(=O)Nc2ccccc2OC)c1C. The van der Waals surface area contributed by atoms with Crippen LogP contribution in [-0.4, -0.2) is 39.1 Å². The summed E-state index contributed by atoms with van der Waals surface area (Å²) in [6.45, 7) is 7.81. The molecule has 1 saturated heterocycles. The van der Waals surface area contributed by atoms with Crippen molar-refractivity contribution in [3.05, 3.63) is 77.4 Å². The number of thiocarbonyl (C=S) groups is 1. The predicted molar refractivity (Wildman–Crippen MR) is 138 cm³/mol. The van der Waals surface area contributed by atoms with E-state index in [1.54, 1.807) is 13.3 Å². The Morgan fingerprint density at radius 1 is 1.21 bits per heavy atom. The minimum absolute atomic E-state index is 0.0621. The van der Waals surface area contributed by atoms with Crippen LogP contribution < -0.4 is 15.4 Å². The molecule has 1 aliphatic heterocycles. The molecule has 34 heavy (non-hydrogen) atoms. The number of para-hydroxylation sites is 2. The summed E-state index contributed by atoms with van der Waals surface area (Å²) < 4.78 is 7.66. The fraction of sp³-hybridized carbons (Fsp3) is 0.346. The molecule has 0 saturated carbocycles. The highest BCUT2D eigenvalue weighted by molar-refractivity contribution is 7.80.